The molecule has 7 nitrogen and oxygen atoms in total. The number of hydrogen-bond acceptors (Lipinski definition) is 6. The van der Waals surface area contributed by atoms with Crippen LogP contribution >= 0.6 is 11.8 Å². The van der Waals surface area contributed by atoms with E-state index < -0.39 is 12.8 Å². The molecular weight excluding hydrogens is 435 g/mol. The number of aromatic amines is 1. The zero-order valence-electron chi connectivity index (χ0n) is 16.8. The predicted molar refractivity (Wildman–Crippen MR) is 111 cm³/mol. The maximum atomic E-state index is 13.0. The number of fused-ring (bicyclic) bond motifs is 1. The van der Waals surface area contributed by atoms with Gasteiger partial charge in [0.05, 0.1) is 24.3 Å². The van der Waals surface area contributed by atoms with Crippen LogP contribution in [-0.2, 0) is 9.47 Å². The van der Waals surface area contributed by atoms with Gasteiger partial charge in [-0.15, -0.1) is 0 Å². The Bertz CT molecular complexity index is 1030. The van der Waals surface area contributed by atoms with Gasteiger partial charge in [-0.05, 0) is 36.8 Å². The van der Waals surface area contributed by atoms with Crippen LogP contribution in [0.2, 0.25) is 0 Å². The smallest absolute Gasteiger partial charge is 0.422 e. The van der Waals surface area contributed by atoms with Crippen molar-refractivity contribution in [2.75, 3.05) is 39.3 Å². The summed E-state index contributed by atoms with van der Waals surface area (Å²) in [6.45, 7) is 0.217. The van der Waals surface area contributed by atoms with Gasteiger partial charge in [-0.1, -0.05) is 11.8 Å². The van der Waals surface area contributed by atoms with Gasteiger partial charge in [0.25, 0.3) is 5.56 Å². The Morgan fingerprint density at radius 2 is 1.90 bits per heavy atom. The molecule has 11 heteroatoms. The molecule has 0 radical (unpaired) electrons. The van der Waals surface area contributed by atoms with E-state index in [1.54, 1.807) is 19.4 Å². The fraction of sp³-hybridized carbons (Fsp3) is 0.400. The van der Waals surface area contributed by atoms with E-state index in [4.69, 9.17) is 14.2 Å². The SMILES string of the molecule is COCCOCCCSc1nc2[nH]ccc2c(=O)n1-c1ccc(OCC(F)(F)F)cc1. The van der Waals surface area contributed by atoms with Crippen LogP contribution in [0.4, 0.5) is 13.2 Å². The number of methoxy groups -OCH3 is 1. The molecule has 3 aromatic rings. The van der Waals surface area contributed by atoms with Crippen LogP contribution in [-0.4, -0.2) is 60.0 Å². The number of thioether (sulfide) groups is 1. The first kappa shape index (κ1) is 23.2. The lowest BCUT2D eigenvalue weighted by molar-refractivity contribution is -0.153. The first-order valence-corrected chi connectivity index (χ1v) is 10.5. The fourth-order valence-corrected chi connectivity index (χ4v) is 3.65. The summed E-state index contributed by atoms with van der Waals surface area (Å²) in [5, 5.41) is 0.894. The van der Waals surface area contributed by atoms with E-state index in [9.17, 15) is 18.0 Å². The highest BCUT2D eigenvalue weighted by Crippen LogP contribution is 2.24. The topological polar surface area (TPSA) is 78.4 Å². The molecule has 2 heterocycles. The molecule has 0 saturated heterocycles. The second-order valence-electron chi connectivity index (χ2n) is 6.48. The monoisotopic (exact) mass is 457 g/mol. The van der Waals surface area contributed by atoms with E-state index in [0.717, 1.165) is 6.42 Å². The molecule has 0 aliphatic rings. The van der Waals surface area contributed by atoms with E-state index in [1.807, 2.05) is 0 Å². The second kappa shape index (κ2) is 10.7. The zero-order valence-corrected chi connectivity index (χ0v) is 17.6. The van der Waals surface area contributed by atoms with Gasteiger partial charge < -0.3 is 19.2 Å². The highest BCUT2D eigenvalue weighted by Gasteiger charge is 2.28. The highest BCUT2D eigenvalue weighted by molar-refractivity contribution is 7.99. The summed E-state index contributed by atoms with van der Waals surface area (Å²) < 4.78 is 53.6. The van der Waals surface area contributed by atoms with Gasteiger partial charge in [0.1, 0.15) is 11.4 Å². The van der Waals surface area contributed by atoms with Crippen molar-refractivity contribution in [3.05, 3.63) is 46.9 Å². The van der Waals surface area contributed by atoms with Crippen LogP contribution in [0, 0.1) is 0 Å². The largest absolute Gasteiger partial charge is 0.484 e. The Hall–Kier alpha value is -2.50. The molecule has 0 aliphatic carbocycles. The molecule has 0 atom stereocenters. The molecule has 3 rings (SSSR count). The van der Waals surface area contributed by atoms with Crippen molar-refractivity contribution in [1.82, 2.24) is 14.5 Å². The molecule has 0 amide bonds. The lowest BCUT2D eigenvalue weighted by Gasteiger charge is -2.13. The van der Waals surface area contributed by atoms with Crippen LogP contribution in [0.15, 0.2) is 46.5 Å². The maximum Gasteiger partial charge on any atom is 0.422 e. The van der Waals surface area contributed by atoms with Crippen LogP contribution in [0.3, 0.4) is 0 Å². The van der Waals surface area contributed by atoms with Gasteiger partial charge >= 0.3 is 6.18 Å². The number of aromatic nitrogens is 3. The number of rotatable bonds is 11. The number of halogens is 3. The van der Waals surface area contributed by atoms with E-state index in [-0.39, 0.29) is 11.3 Å². The predicted octanol–water partition coefficient (Wildman–Crippen LogP) is 3.80. The molecular formula is C20H22F3N3O4S. The van der Waals surface area contributed by atoms with Gasteiger partial charge in [0, 0.05) is 25.7 Å². The lowest BCUT2D eigenvalue weighted by Crippen LogP contribution is -2.21. The molecule has 0 unspecified atom stereocenters. The second-order valence-corrected chi connectivity index (χ2v) is 7.54. The third-order valence-electron chi connectivity index (χ3n) is 4.15. The van der Waals surface area contributed by atoms with Crippen LogP contribution in [0.5, 0.6) is 5.75 Å². The van der Waals surface area contributed by atoms with Gasteiger partial charge in [-0.25, -0.2) is 4.98 Å². The fourth-order valence-electron chi connectivity index (χ4n) is 2.73. The summed E-state index contributed by atoms with van der Waals surface area (Å²) in [6.07, 6.45) is -2.04. The first-order valence-electron chi connectivity index (χ1n) is 9.48. The van der Waals surface area contributed by atoms with Crippen molar-refractivity contribution in [3.8, 4) is 11.4 Å². The van der Waals surface area contributed by atoms with Gasteiger partial charge in [0.15, 0.2) is 11.8 Å². The summed E-state index contributed by atoms with van der Waals surface area (Å²) in [5.41, 5.74) is 0.693. The van der Waals surface area contributed by atoms with E-state index in [0.29, 0.717) is 47.5 Å². The quantitative estimate of drug-likeness (QED) is 0.268. The summed E-state index contributed by atoms with van der Waals surface area (Å²) >= 11 is 1.40. The lowest BCUT2D eigenvalue weighted by atomic mass is 10.3. The van der Waals surface area contributed by atoms with E-state index in [2.05, 4.69) is 9.97 Å². The molecule has 168 valence electrons. The van der Waals surface area contributed by atoms with Crippen LogP contribution in [0.1, 0.15) is 6.42 Å². The number of alkyl halides is 3. The van der Waals surface area contributed by atoms with E-state index in [1.165, 1.54) is 40.6 Å². The summed E-state index contributed by atoms with van der Waals surface area (Å²) in [6, 6.07) is 7.50. The molecule has 2 aromatic heterocycles. The van der Waals surface area contributed by atoms with Gasteiger partial charge in [0.2, 0.25) is 0 Å². The maximum absolute atomic E-state index is 13.0. The Labute approximate surface area is 180 Å². The number of hydrogen-bond donors (Lipinski definition) is 1. The summed E-state index contributed by atoms with van der Waals surface area (Å²) in [7, 11) is 1.61. The first-order chi connectivity index (χ1) is 14.9. The number of ether oxygens (including phenoxy) is 3. The number of benzene rings is 1. The number of nitrogens with one attached hydrogen (secondary N) is 1. The Kier molecular flexibility index (Phi) is 7.99. The Morgan fingerprint density at radius 1 is 1.13 bits per heavy atom. The average molecular weight is 457 g/mol. The average Bonchev–Trinajstić information content (AvgIpc) is 3.21. The Balaban J connectivity index is 1.77. The minimum atomic E-state index is -4.42. The Morgan fingerprint density at radius 3 is 2.61 bits per heavy atom. The van der Waals surface area contributed by atoms with Crippen molar-refractivity contribution >= 4 is 22.8 Å². The highest BCUT2D eigenvalue weighted by atomic mass is 32.2. The minimum Gasteiger partial charge on any atom is -0.484 e. The molecule has 0 aliphatic heterocycles. The van der Waals surface area contributed by atoms with Crippen molar-refractivity contribution in [2.24, 2.45) is 0 Å². The van der Waals surface area contributed by atoms with Crippen molar-refractivity contribution in [2.45, 2.75) is 17.8 Å². The normalized spacial score (nSPS) is 11.9. The van der Waals surface area contributed by atoms with Crippen molar-refractivity contribution < 1.29 is 27.4 Å². The molecule has 1 N–H and O–H groups in total. The van der Waals surface area contributed by atoms with Crippen LogP contribution in [0.25, 0.3) is 16.7 Å². The third-order valence-corrected chi connectivity index (χ3v) is 5.18. The minimum absolute atomic E-state index is 0.0622. The molecule has 0 bridgehead atoms. The van der Waals surface area contributed by atoms with Crippen molar-refractivity contribution in [1.29, 1.82) is 0 Å². The molecule has 31 heavy (non-hydrogen) atoms. The number of nitrogens with zero attached hydrogens (tertiary/aromatic N) is 2. The third kappa shape index (κ3) is 6.49. The van der Waals surface area contributed by atoms with Crippen LogP contribution < -0.4 is 10.3 Å². The molecule has 1 aromatic carbocycles. The molecule has 0 saturated carbocycles. The van der Waals surface area contributed by atoms with Gasteiger partial charge in [-0.2, -0.15) is 13.2 Å². The number of H-pyrrole nitrogens is 1. The molecule has 0 fully saturated rings. The van der Waals surface area contributed by atoms with Gasteiger partial charge in [-0.3, -0.25) is 9.36 Å². The van der Waals surface area contributed by atoms with Crippen molar-refractivity contribution in [3.63, 3.8) is 0 Å². The molecule has 0 spiro atoms. The standard InChI is InChI=1S/C20H22F3N3O4S/c1-28-10-11-29-9-2-12-31-19-25-17-16(7-8-24-17)18(27)26(19)14-3-5-15(6-4-14)30-13-20(21,22)23/h3-8,24H,2,9-13H2,1H3. The zero-order chi connectivity index (χ0) is 22.3. The van der Waals surface area contributed by atoms with E-state index >= 15 is 0 Å². The summed E-state index contributed by atoms with van der Waals surface area (Å²) in [4.78, 5) is 20.5. The summed E-state index contributed by atoms with van der Waals surface area (Å²) in [5.74, 6) is 0.727.